The van der Waals surface area contributed by atoms with Crippen LogP contribution in [-0.2, 0) is 0 Å². The maximum absolute atomic E-state index is 6.29. The van der Waals surface area contributed by atoms with Gasteiger partial charge >= 0.3 is 0 Å². The molecule has 1 aliphatic rings. The van der Waals surface area contributed by atoms with Gasteiger partial charge in [-0.1, -0.05) is 31.0 Å². The van der Waals surface area contributed by atoms with Crippen LogP contribution in [0.4, 0.5) is 0 Å². The predicted molar refractivity (Wildman–Crippen MR) is 87.6 cm³/mol. The molecule has 0 spiro atoms. The van der Waals surface area contributed by atoms with Crippen LogP contribution in [0.5, 0.6) is 0 Å². The zero-order valence-corrected chi connectivity index (χ0v) is 13.6. The largest absolute Gasteiger partial charge is 0.126 e. The Kier molecular flexibility index (Phi) is 6.38. The average Bonchev–Trinajstić information content (AvgIpc) is 3.00. The van der Waals surface area contributed by atoms with E-state index >= 15 is 0 Å². The molecule has 1 aliphatic carbocycles. The zero-order chi connectivity index (χ0) is 13.6. The van der Waals surface area contributed by atoms with Gasteiger partial charge in [-0.3, -0.25) is 0 Å². The van der Waals surface area contributed by atoms with Crippen molar-refractivity contribution in [2.75, 3.05) is 17.5 Å². The highest BCUT2D eigenvalue weighted by atomic mass is 35.5. The van der Waals surface area contributed by atoms with Gasteiger partial charge in [0.2, 0.25) is 0 Å². The number of hydrogen-bond acceptors (Lipinski definition) is 1. The second-order valence-electron chi connectivity index (χ2n) is 5.52. The molecule has 0 unspecified atom stereocenters. The van der Waals surface area contributed by atoms with E-state index in [2.05, 4.69) is 30.3 Å². The first kappa shape index (κ1) is 15.5. The van der Waals surface area contributed by atoms with Crippen molar-refractivity contribution in [3.05, 3.63) is 30.3 Å². The average molecular weight is 317 g/mol. The smallest absolute Gasteiger partial charge is 0.0294 e. The highest BCUT2D eigenvalue weighted by molar-refractivity contribution is 7.99. The third-order valence-corrected chi connectivity index (χ3v) is 6.44. The third-order valence-electron chi connectivity index (χ3n) is 4.37. The van der Waals surface area contributed by atoms with E-state index in [1.54, 1.807) is 0 Å². The van der Waals surface area contributed by atoms with Crippen LogP contribution in [0.2, 0.25) is 0 Å². The molecule has 106 valence electrons. The summed E-state index contributed by atoms with van der Waals surface area (Å²) in [5.41, 5.74) is 0.154. The minimum Gasteiger partial charge on any atom is -0.126 e. The van der Waals surface area contributed by atoms with Crippen molar-refractivity contribution < 1.29 is 0 Å². The first-order valence-electron chi connectivity index (χ1n) is 7.10. The highest BCUT2D eigenvalue weighted by Crippen LogP contribution is 2.45. The molecule has 0 N–H and O–H groups in total. The van der Waals surface area contributed by atoms with Gasteiger partial charge in [0.1, 0.15) is 0 Å². The Hall–Kier alpha value is 0.150. The van der Waals surface area contributed by atoms with Crippen molar-refractivity contribution in [2.45, 2.75) is 37.0 Å². The molecule has 0 heterocycles. The van der Waals surface area contributed by atoms with Gasteiger partial charge in [-0.25, -0.2) is 0 Å². The Balaban J connectivity index is 1.89. The van der Waals surface area contributed by atoms with Gasteiger partial charge in [0.05, 0.1) is 0 Å². The fourth-order valence-corrected chi connectivity index (χ4v) is 5.10. The summed E-state index contributed by atoms with van der Waals surface area (Å²) in [6.45, 7) is 0. The van der Waals surface area contributed by atoms with E-state index in [-0.39, 0.29) is 5.41 Å². The molecule has 2 rings (SSSR count). The Labute approximate surface area is 131 Å². The third kappa shape index (κ3) is 4.06. The normalized spacial score (nSPS) is 16.9. The first-order valence-corrected chi connectivity index (χ1v) is 9.16. The zero-order valence-electron chi connectivity index (χ0n) is 11.3. The topological polar surface area (TPSA) is 0 Å². The maximum atomic E-state index is 6.29. The molecule has 19 heavy (non-hydrogen) atoms. The molecule has 0 radical (unpaired) electrons. The van der Waals surface area contributed by atoms with Crippen molar-refractivity contribution >= 4 is 35.0 Å². The number of halogens is 2. The lowest BCUT2D eigenvalue weighted by atomic mass is 9.75. The first-order chi connectivity index (χ1) is 9.30. The summed E-state index contributed by atoms with van der Waals surface area (Å²) in [6.07, 6.45) is 6.47. The van der Waals surface area contributed by atoms with Crippen LogP contribution in [0.3, 0.4) is 0 Å². The van der Waals surface area contributed by atoms with E-state index in [4.69, 9.17) is 23.2 Å². The van der Waals surface area contributed by atoms with Crippen molar-refractivity contribution in [1.82, 2.24) is 0 Å². The van der Waals surface area contributed by atoms with E-state index in [0.717, 1.165) is 18.1 Å². The van der Waals surface area contributed by atoms with Gasteiger partial charge in [0.25, 0.3) is 0 Å². The molecule has 0 amide bonds. The molecule has 0 saturated heterocycles. The van der Waals surface area contributed by atoms with E-state index in [1.165, 1.54) is 30.6 Å². The summed E-state index contributed by atoms with van der Waals surface area (Å²) >= 11 is 14.5. The Bertz CT molecular complexity index is 356. The van der Waals surface area contributed by atoms with Crippen molar-refractivity contribution in [3.8, 4) is 0 Å². The summed E-state index contributed by atoms with van der Waals surface area (Å²) in [5, 5.41) is 0. The molecule has 0 bridgehead atoms. The molecule has 3 heteroatoms. The van der Waals surface area contributed by atoms with E-state index in [1.807, 2.05) is 11.8 Å². The number of hydrogen-bond donors (Lipinski definition) is 0. The molecular formula is C16H22Cl2S. The summed E-state index contributed by atoms with van der Waals surface area (Å²) in [7, 11) is 0. The van der Waals surface area contributed by atoms with Crippen LogP contribution in [0, 0.1) is 11.3 Å². The van der Waals surface area contributed by atoms with Crippen molar-refractivity contribution in [2.24, 2.45) is 11.3 Å². The SMILES string of the molecule is ClCC(CCl)(CCSc1ccccc1)C1CCCC1. The summed E-state index contributed by atoms with van der Waals surface area (Å²) < 4.78 is 0. The van der Waals surface area contributed by atoms with E-state index < -0.39 is 0 Å². The lowest BCUT2D eigenvalue weighted by Crippen LogP contribution is -2.34. The summed E-state index contributed by atoms with van der Waals surface area (Å²) in [4.78, 5) is 1.34. The molecule has 0 aliphatic heterocycles. The Morgan fingerprint density at radius 1 is 1.05 bits per heavy atom. The fourth-order valence-electron chi connectivity index (χ4n) is 3.02. The van der Waals surface area contributed by atoms with Gasteiger partial charge in [-0.2, -0.15) is 0 Å². The van der Waals surface area contributed by atoms with Crippen LogP contribution < -0.4 is 0 Å². The molecule has 0 atom stereocenters. The van der Waals surface area contributed by atoms with Gasteiger partial charge in [0, 0.05) is 22.1 Å². The monoisotopic (exact) mass is 316 g/mol. The summed E-state index contributed by atoms with van der Waals surface area (Å²) in [5.74, 6) is 3.26. The second-order valence-corrected chi connectivity index (χ2v) is 7.23. The van der Waals surface area contributed by atoms with Gasteiger partial charge in [-0.15, -0.1) is 35.0 Å². The minimum absolute atomic E-state index is 0.154. The standard InChI is InChI=1S/C16H22Cl2S/c17-12-16(13-18,14-6-4-5-7-14)10-11-19-15-8-2-1-3-9-15/h1-3,8-9,14H,4-7,10-13H2. The lowest BCUT2D eigenvalue weighted by molar-refractivity contribution is 0.220. The van der Waals surface area contributed by atoms with Crippen LogP contribution in [0.15, 0.2) is 35.2 Å². The highest BCUT2D eigenvalue weighted by Gasteiger charge is 2.38. The van der Waals surface area contributed by atoms with Crippen LogP contribution >= 0.6 is 35.0 Å². The van der Waals surface area contributed by atoms with Crippen LogP contribution in [0.1, 0.15) is 32.1 Å². The van der Waals surface area contributed by atoms with E-state index in [0.29, 0.717) is 11.8 Å². The lowest BCUT2D eigenvalue weighted by Gasteiger charge is -2.36. The van der Waals surface area contributed by atoms with Gasteiger partial charge in [0.15, 0.2) is 0 Å². The molecule has 1 saturated carbocycles. The summed E-state index contributed by atoms with van der Waals surface area (Å²) in [6, 6.07) is 10.6. The molecular weight excluding hydrogens is 295 g/mol. The Morgan fingerprint density at radius 3 is 2.26 bits per heavy atom. The number of rotatable bonds is 7. The van der Waals surface area contributed by atoms with Crippen LogP contribution in [0.25, 0.3) is 0 Å². The van der Waals surface area contributed by atoms with Crippen molar-refractivity contribution in [1.29, 1.82) is 0 Å². The van der Waals surface area contributed by atoms with E-state index in [9.17, 15) is 0 Å². The number of thioether (sulfide) groups is 1. The second kappa shape index (κ2) is 7.81. The number of benzene rings is 1. The quantitative estimate of drug-likeness (QED) is 0.451. The molecule has 1 aromatic rings. The van der Waals surface area contributed by atoms with Gasteiger partial charge in [-0.05, 0) is 43.1 Å². The maximum Gasteiger partial charge on any atom is 0.0294 e. The fraction of sp³-hybridized carbons (Fsp3) is 0.625. The molecule has 1 fully saturated rings. The van der Waals surface area contributed by atoms with Gasteiger partial charge < -0.3 is 0 Å². The molecule has 1 aromatic carbocycles. The number of alkyl halides is 2. The predicted octanol–water partition coefficient (Wildman–Crippen LogP) is 5.82. The molecule has 0 aromatic heterocycles. The molecule has 0 nitrogen and oxygen atoms in total. The minimum atomic E-state index is 0.154. The van der Waals surface area contributed by atoms with Crippen molar-refractivity contribution in [3.63, 3.8) is 0 Å². The van der Waals surface area contributed by atoms with Crippen LogP contribution in [-0.4, -0.2) is 17.5 Å². The Morgan fingerprint density at radius 2 is 1.68 bits per heavy atom.